The Balaban J connectivity index is 1.52. The average Bonchev–Trinajstić information content (AvgIpc) is 3.12. The molecule has 9 heteroatoms. The molecule has 0 radical (unpaired) electrons. The monoisotopic (exact) mass is 357 g/mol. The summed E-state index contributed by atoms with van der Waals surface area (Å²) in [6.07, 6.45) is 4.28. The molecule has 24 heavy (non-hydrogen) atoms. The minimum atomic E-state index is -3.11. The van der Waals surface area contributed by atoms with Crippen molar-refractivity contribution in [1.29, 1.82) is 0 Å². The molecule has 1 spiro atoms. The summed E-state index contributed by atoms with van der Waals surface area (Å²) in [5.74, 6) is 0.928. The Labute approximate surface area is 141 Å². The highest BCUT2D eigenvalue weighted by molar-refractivity contribution is 7.90. The molecule has 1 aromatic rings. The molecule has 0 aliphatic carbocycles. The number of amides is 1. The van der Waals surface area contributed by atoms with Gasteiger partial charge in [0.2, 0.25) is 5.91 Å². The Morgan fingerprint density at radius 2 is 2.04 bits per heavy atom. The van der Waals surface area contributed by atoms with Gasteiger partial charge in [-0.15, -0.1) is 0 Å². The van der Waals surface area contributed by atoms with E-state index < -0.39 is 9.84 Å². The zero-order valence-electron chi connectivity index (χ0n) is 14.0. The number of hydrogen-bond donors (Lipinski definition) is 0. The molecule has 2 saturated heterocycles. The second kappa shape index (κ2) is 6.44. The van der Waals surface area contributed by atoms with E-state index in [-0.39, 0.29) is 29.8 Å². The molecule has 2 fully saturated rings. The lowest BCUT2D eigenvalue weighted by molar-refractivity contribution is -0.137. The second-order valence-corrected chi connectivity index (χ2v) is 9.03. The number of carbonyl (C=O) groups excluding carboxylic acids is 1. The van der Waals surface area contributed by atoms with E-state index in [0.717, 1.165) is 31.9 Å². The zero-order chi connectivity index (χ0) is 17.4. The molecule has 2 aliphatic rings. The van der Waals surface area contributed by atoms with Gasteiger partial charge in [-0.2, -0.15) is 4.98 Å². The molecular weight excluding hydrogens is 334 g/mol. The fraction of sp³-hybridized carbons (Fsp3) is 0.800. The summed E-state index contributed by atoms with van der Waals surface area (Å²) in [4.78, 5) is 18.1. The molecule has 8 nitrogen and oxygen atoms in total. The minimum Gasteiger partial charge on any atom is -0.362 e. The highest BCUT2D eigenvalue weighted by atomic mass is 32.2. The van der Waals surface area contributed by atoms with Crippen LogP contribution in [0.2, 0.25) is 0 Å². The quantitative estimate of drug-likeness (QED) is 0.793. The van der Waals surface area contributed by atoms with E-state index >= 15 is 0 Å². The first kappa shape index (κ1) is 17.3. The van der Waals surface area contributed by atoms with Gasteiger partial charge in [0.1, 0.15) is 15.9 Å². The number of rotatable bonds is 4. The summed E-state index contributed by atoms with van der Waals surface area (Å²) in [6.45, 7) is 2.97. The maximum absolute atomic E-state index is 12.1. The predicted octanol–water partition coefficient (Wildman–Crippen LogP) is 1.03. The van der Waals surface area contributed by atoms with Gasteiger partial charge in [-0.25, -0.2) is 8.42 Å². The molecule has 0 N–H and O–H groups in total. The largest absolute Gasteiger partial charge is 0.362 e. The topological polar surface area (TPSA) is 103 Å². The van der Waals surface area contributed by atoms with E-state index in [1.165, 1.54) is 0 Å². The normalized spacial score (nSPS) is 23.8. The summed E-state index contributed by atoms with van der Waals surface area (Å²) >= 11 is 0. The first-order chi connectivity index (χ1) is 11.3. The summed E-state index contributed by atoms with van der Waals surface area (Å²) in [5, 5.41) is 3.80. The van der Waals surface area contributed by atoms with Crippen LogP contribution in [0.1, 0.15) is 49.9 Å². The molecule has 134 valence electrons. The molecule has 1 aromatic heterocycles. The molecule has 0 saturated carbocycles. The van der Waals surface area contributed by atoms with E-state index in [0.29, 0.717) is 24.8 Å². The van der Waals surface area contributed by atoms with Crippen LogP contribution in [0, 0.1) is 6.92 Å². The summed E-state index contributed by atoms with van der Waals surface area (Å²) in [6, 6.07) is 0. The summed E-state index contributed by atoms with van der Waals surface area (Å²) in [7, 11) is -3.11. The van der Waals surface area contributed by atoms with E-state index in [9.17, 15) is 13.2 Å². The predicted molar refractivity (Wildman–Crippen MR) is 85.0 cm³/mol. The molecule has 2 aliphatic heterocycles. The molecule has 1 amide bonds. The van der Waals surface area contributed by atoms with Crippen molar-refractivity contribution in [3.8, 4) is 0 Å². The number of likely N-dealkylation sites (tertiary alicyclic amines) is 1. The Bertz CT molecular complexity index is 706. The molecule has 0 bridgehead atoms. The number of aromatic nitrogens is 2. The zero-order valence-corrected chi connectivity index (χ0v) is 14.8. The lowest BCUT2D eigenvalue weighted by Crippen LogP contribution is -2.46. The lowest BCUT2D eigenvalue weighted by Gasteiger charge is -2.39. The maximum Gasteiger partial charge on any atom is 0.255 e. The van der Waals surface area contributed by atoms with Crippen molar-refractivity contribution in [1.82, 2.24) is 15.0 Å². The summed E-state index contributed by atoms with van der Waals surface area (Å²) < 4.78 is 33.8. The number of sulfone groups is 1. The van der Waals surface area contributed by atoms with Crippen molar-refractivity contribution in [2.75, 3.05) is 25.1 Å². The Morgan fingerprint density at radius 3 is 2.62 bits per heavy atom. The van der Waals surface area contributed by atoms with Gasteiger partial charge in [0.15, 0.2) is 5.82 Å². The van der Waals surface area contributed by atoms with Crippen LogP contribution in [-0.2, 0) is 19.4 Å². The van der Waals surface area contributed by atoms with Crippen LogP contribution in [-0.4, -0.2) is 60.1 Å². The number of hydrogen-bond acceptors (Lipinski definition) is 7. The van der Waals surface area contributed by atoms with Crippen LogP contribution in [0.5, 0.6) is 0 Å². The molecule has 1 atom stereocenters. The molecule has 3 rings (SSSR count). The lowest BCUT2D eigenvalue weighted by atomic mass is 9.88. The Morgan fingerprint density at radius 1 is 1.33 bits per heavy atom. The number of aryl methyl sites for hydroxylation is 1. The first-order valence-electron chi connectivity index (χ1n) is 8.20. The van der Waals surface area contributed by atoms with Crippen LogP contribution in [0.3, 0.4) is 0 Å². The van der Waals surface area contributed by atoms with Gasteiger partial charge < -0.3 is 14.2 Å². The third kappa shape index (κ3) is 3.94. The minimum absolute atomic E-state index is 0.0522. The molecule has 0 unspecified atom stereocenters. The van der Waals surface area contributed by atoms with Gasteiger partial charge in [0.05, 0.1) is 11.4 Å². The smallest absolute Gasteiger partial charge is 0.255 e. The highest BCUT2D eigenvalue weighted by Gasteiger charge is 2.45. The fourth-order valence-corrected chi connectivity index (χ4v) is 3.94. The van der Waals surface area contributed by atoms with Crippen molar-refractivity contribution in [3.05, 3.63) is 11.7 Å². The number of ether oxygens (including phenoxy) is 1. The van der Waals surface area contributed by atoms with Gasteiger partial charge in [-0.3, -0.25) is 4.79 Å². The molecular formula is C15H23N3O5S. The van der Waals surface area contributed by atoms with Crippen LogP contribution in [0.4, 0.5) is 0 Å². The van der Waals surface area contributed by atoms with Gasteiger partial charge in [-0.1, -0.05) is 5.16 Å². The maximum atomic E-state index is 12.1. The van der Waals surface area contributed by atoms with Crippen molar-refractivity contribution in [3.63, 3.8) is 0 Å². The van der Waals surface area contributed by atoms with Gasteiger partial charge in [-0.05, 0) is 32.6 Å². The second-order valence-electron chi connectivity index (χ2n) is 6.77. The number of carbonyl (C=O) groups is 1. The van der Waals surface area contributed by atoms with Crippen LogP contribution >= 0.6 is 0 Å². The third-order valence-corrected chi connectivity index (χ3v) is 5.73. The number of piperidine rings is 1. The van der Waals surface area contributed by atoms with Crippen LogP contribution < -0.4 is 0 Å². The number of nitrogens with zero attached hydrogens (tertiary/aromatic N) is 3. The van der Waals surface area contributed by atoms with Crippen molar-refractivity contribution < 1.29 is 22.5 Å². The average molecular weight is 357 g/mol. The highest BCUT2D eigenvalue weighted by Crippen LogP contribution is 2.44. The first-order valence-corrected chi connectivity index (χ1v) is 10.3. The van der Waals surface area contributed by atoms with E-state index in [2.05, 4.69) is 10.1 Å². The fourth-order valence-electron chi connectivity index (χ4n) is 3.39. The Kier molecular flexibility index (Phi) is 4.65. The van der Waals surface area contributed by atoms with Crippen molar-refractivity contribution in [2.45, 2.75) is 50.7 Å². The van der Waals surface area contributed by atoms with Gasteiger partial charge in [0.25, 0.3) is 5.89 Å². The SMILES string of the molecule is Cc1noc([C@H]2CCC3(CCN(C(=O)CCS(C)(=O)=O)CC3)O2)n1. The molecule has 0 aromatic carbocycles. The van der Waals surface area contributed by atoms with E-state index in [1.54, 1.807) is 11.8 Å². The van der Waals surface area contributed by atoms with Crippen molar-refractivity contribution >= 4 is 15.7 Å². The van der Waals surface area contributed by atoms with Crippen molar-refractivity contribution in [2.24, 2.45) is 0 Å². The summed E-state index contributed by atoms with van der Waals surface area (Å²) in [5.41, 5.74) is -0.235. The van der Waals surface area contributed by atoms with E-state index in [1.807, 2.05) is 0 Å². The van der Waals surface area contributed by atoms with Crippen LogP contribution in [0.15, 0.2) is 4.52 Å². The van der Waals surface area contributed by atoms with E-state index in [4.69, 9.17) is 9.26 Å². The van der Waals surface area contributed by atoms with Gasteiger partial charge >= 0.3 is 0 Å². The third-order valence-electron chi connectivity index (χ3n) is 4.79. The van der Waals surface area contributed by atoms with Crippen LogP contribution in [0.25, 0.3) is 0 Å². The Hall–Kier alpha value is -1.48. The van der Waals surface area contributed by atoms with Gasteiger partial charge in [0, 0.05) is 25.8 Å². The molecule has 3 heterocycles. The standard InChI is InChI=1S/C15H23N3O5S/c1-11-16-14(23-17-11)12-3-5-15(22-12)6-8-18(9-7-15)13(19)4-10-24(2,20)21/h12H,3-10H2,1-2H3/t12-/m1/s1.